The average Bonchev–Trinajstić information content (AvgIpc) is 2.52. The van der Waals surface area contributed by atoms with Crippen molar-refractivity contribution in [3.05, 3.63) is 58.9 Å². The predicted molar refractivity (Wildman–Crippen MR) is 85.2 cm³/mol. The maximum absolute atomic E-state index is 9.02. The lowest BCUT2D eigenvalue weighted by molar-refractivity contribution is 0.662. The Balaban J connectivity index is 1.68. The molecule has 0 amide bonds. The van der Waals surface area contributed by atoms with Gasteiger partial charge in [0.15, 0.2) is 0 Å². The summed E-state index contributed by atoms with van der Waals surface area (Å²) >= 11 is 5.94. The molecular formula is C16H17ClN4. The Hall–Kier alpha value is -2.09. The van der Waals surface area contributed by atoms with E-state index in [1.54, 1.807) is 24.4 Å². The maximum Gasteiger partial charge on any atom is 0.101 e. The Morgan fingerprint density at radius 3 is 2.90 bits per heavy atom. The molecule has 0 spiro atoms. The molecule has 0 fully saturated rings. The van der Waals surface area contributed by atoms with Gasteiger partial charge in [-0.15, -0.1) is 0 Å². The first kappa shape index (κ1) is 15.3. The summed E-state index contributed by atoms with van der Waals surface area (Å²) < 4.78 is 0. The minimum absolute atomic E-state index is 0.614. The van der Waals surface area contributed by atoms with Crippen molar-refractivity contribution < 1.29 is 0 Å². The van der Waals surface area contributed by atoms with Crippen molar-refractivity contribution in [2.75, 3.05) is 18.4 Å². The molecule has 0 saturated heterocycles. The van der Waals surface area contributed by atoms with Crippen molar-refractivity contribution in [2.45, 2.75) is 13.0 Å². The Morgan fingerprint density at radius 1 is 1.24 bits per heavy atom. The monoisotopic (exact) mass is 300 g/mol. The van der Waals surface area contributed by atoms with Crippen LogP contribution in [0.4, 0.5) is 5.69 Å². The first-order valence-corrected chi connectivity index (χ1v) is 7.20. The van der Waals surface area contributed by atoms with E-state index < -0.39 is 0 Å². The molecule has 0 unspecified atom stereocenters. The lowest BCUT2D eigenvalue weighted by atomic mass is 10.2. The molecule has 2 N–H and O–H groups in total. The van der Waals surface area contributed by atoms with E-state index in [4.69, 9.17) is 16.9 Å². The Morgan fingerprint density at radius 2 is 2.14 bits per heavy atom. The SMILES string of the molecule is N#Cc1ccc(Cl)cc1NCCCNCc1cccnc1. The topological polar surface area (TPSA) is 60.7 Å². The first-order valence-electron chi connectivity index (χ1n) is 6.83. The molecule has 0 radical (unpaired) electrons. The van der Waals surface area contributed by atoms with E-state index in [0.29, 0.717) is 10.6 Å². The number of pyridine rings is 1. The molecule has 1 aromatic heterocycles. The summed E-state index contributed by atoms with van der Waals surface area (Å²) in [5.41, 5.74) is 2.58. The molecule has 0 aliphatic heterocycles. The van der Waals surface area contributed by atoms with Crippen LogP contribution in [0.5, 0.6) is 0 Å². The Labute approximate surface area is 129 Å². The number of rotatable bonds is 7. The molecule has 2 rings (SSSR count). The quantitative estimate of drug-likeness (QED) is 0.771. The van der Waals surface area contributed by atoms with Crippen LogP contribution in [0.2, 0.25) is 5.02 Å². The second-order valence-corrected chi connectivity index (χ2v) is 5.06. The second kappa shape index (κ2) is 8.25. The summed E-state index contributed by atoms with van der Waals surface area (Å²) in [5.74, 6) is 0. The van der Waals surface area contributed by atoms with Gasteiger partial charge in [-0.25, -0.2) is 0 Å². The number of nitriles is 1. The van der Waals surface area contributed by atoms with Crippen LogP contribution < -0.4 is 10.6 Å². The van der Waals surface area contributed by atoms with Crippen LogP contribution in [-0.4, -0.2) is 18.1 Å². The first-order chi connectivity index (χ1) is 10.3. The molecule has 21 heavy (non-hydrogen) atoms. The van der Waals surface area contributed by atoms with Gasteiger partial charge in [-0.1, -0.05) is 17.7 Å². The summed E-state index contributed by atoms with van der Waals surface area (Å²) in [6.07, 6.45) is 4.58. The molecule has 0 saturated carbocycles. The van der Waals surface area contributed by atoms with Crippen LogP contribution in [0.15, 0.2) is 42.7 Å². The van der Waals surface area contributed by atoms with Crippen LogP contribution >= 0.6 is 11.6 Å². The molecule has 4 nitrogen and oxygen atoms in total. The lowest BCUT2D eigenvalue weighted by Gasteiger charge is -2.09. The predicted octanol–water partition coefficient (Wildman–Crippen LogP) is 3.20. The second-order valence-electron chi connectivity index (χ2n) is 4.62. The molecule has 0 aliphatic carbocycles. The van der Waals surface area contributed by atoms with Gasteiger partial charge in [-0.05, 0) is 42.8 Å². The number of nitrogens with one attached hydrogen (secondary N) is 2. The molecule has 1 heterocycles. The maximum atomic E-state index is 9.02. The normalized spacial score (nSPS) is 10.1. The van der Waals surface area contributed by atoms with Crippen LogP contribution in [0.1, 0.15) is 17.5 Å². The Bertz CT molecular complexity index is 607. The smallest absolute Gasteiger partial charge is 0.101 e. The van der Waals surface area contributed by atoms with E-state index in [0.717, 1.165) is 31.7 Å². The van der Waals surface area contributed by atoms with Crippen LogP contribution in [-0.2, 0) is 6.54 Å². The molecule has 0 bridgehead atoms. The van der Waals surface area contributed by atoms with Crippen molar-refractivity contribution in [3.8, 4) is 6.07 Å². The minimum Gasteiger partial charge on any atom is -0.384 e. The zero-order valence-electron chi connectivity index (χ0n) is 11.6. The van der Waals surface area contributed by atoms with Gasteiger partial charge in [-0.3, -0.25) is 4.98 Å². The number of halogens is 1. The van der Waals surface area contributed by atoms with Crippen LogP contribution in [0.25, 0.3) is 0 Å². The van der Waals surface area contributed by atoms with Gasteiger partial charge in [-0.2, -0.15) is 5.26 Å². The summed E-state index contributed by atoms with van der Waals surface area (Å²) in [4.78, 5) is 4.07. The number of benzene rings is 1. The molecule has 0 atom stereocenters. The standard InChI is InChI=1S/C16H17ClN4/c17-15-5-4-14(10-18)16(9-15)21-8-2-7-20-12-13-3-1-6-19-11-13/h1,3-6,9,11,20-21H,2,7-8,12H2. The summed E-state index contributed by atoms with van der Waals surface area (Å²) in [7, 11) is 0. The van der Waals surface area contributed by atoms with Crippen LogP contribution in [0.3, 0.4) is 0 Å². The van der Waals surface area contributed by atoms with Gasteiger partial charge >= 0.3 is 0 Å². The van der Waals surface area contributed by atoms with Gasteiger partial charge in [0.2, 0.25) is 0 Å². The fourth-order valence-electron chi connectivity index (χ4n) is 1.93. The summed E-state index contributed by atoms with van der Waals surface area (Å²) in [6, 6.07) is 11.4. The van der Waals surface area contributed by atoms with Crippen molar-refractivity contribution >= 4 is 17.3 Å². The number of hydrogen-bond acceptors (Lipinski definition) is 4. The van der Waals surface area contributed by atoms with Crippen molar-refractivity contribution in [2.24, 2.45) is 0 Å². The molecule has 2 aromatic rings. The van der Waals surface area contributed by atoms with Crippen LogP contribution in [0, 0.1) is 11.3 Å². The highest BCUT2D eigenvalue weighted by Crippen LogP contribution is 2.20. The van der Waals surface area contributed by atoms with E-state index in [1.165, 1.54) is 5.56 Å². The highest BCUT2D eigenvalue weighted by atomic mass is 35.5. The van der Waals surface area contributed by atoms with E-state index in [2.05, 4.69) is 21.7 Å². The van der Waals surface area contributed by atoms with E-state index in [1.807, 2.05) is 18.3 Å². The van der Waals surface area contributed by atoms with Gasteiger partial charge in [0.1, 0.15) is 6.07 Å². The van der Waals surface area contributed by atoms with E-state index >= 15 is 0 Å². The van der Waals surface area contributed by atoms with Crippen molar-refractivity contribution in [1.29, 1.82) is 5.26 Å². The third-order valence-electron chi connectivity index (χ3n) is 3.00. The van der Waals surface area contributed by atoms with Crippen molar-refractivity contribution in [3.63, 3.8) is 0 Å². The lowest BCUT2D eigenvalue weighted by Crippen LogP contribution is -2.17. The van der Waals surface area contributed by atoms with E-state index in [9.17, 15) is 0 Å². The summed E-state index contributed by atoms with van der Waals surface area (Å²) in [5, 5.41) is 16.3. The molecule has 1 aromatic carbocycles. The third-order valence-corrected chi connectivity index (χ3v) is 3.23. The fourth-order valence-corrected chi connectivity index (χ4v) is 2.10. The van der Waals surface area contributed by atoms with Gasteiger partial charge in [0, 0.05) is 30.5 Å². The number of hydrogen-bond donors (Lipinski definition) is 2. The molecule has 0 aliphatic rings. The highest BCUT2D eigenvalue weighted by molar-refractivity contribution is 6.30. The number of anilines is 1. The number of nitrogens with zero attached hydrogens (tertiary/aromatic N) is 2. The zero-order chi connectivity index (χ0) is 14.9. The largest absolute Gasteiger partial charge is 0.384 e. The zero-order valence-corrected chi connectivity index (χ0v) is 12.4. The van der Waals surface area contributed by atoms with Gasteiger partial charge in [0.25, 0.3) is 0 Å². The van der Waals surface area contributed by atoms with Gasteiger partial charge in [0.05, 0.1) is 11.3 Å². The molecular weight excluding hydrogens is 284 g/mol. The summed E-state index contributed by atoms with van der Waals surface area (Å²) in [6.45, 7) is 2.49. The molecule has 108 valence electrons. The van der Waals surface area contributed by atoms with E-state index in [-0.39, 0.29) is 0 Å². The van der Waals surface area contributed by atoms with Crippen molar-refractivity contribution in [1.82, 2.24) is 10.3 Å². The number of aromatic nitrogens is 1. The minimum atomic E-state index is 0.614. The molecule has 5 heteroatoms. The third kappa shape index (κ3) is 5.07. The highest BCUT2D eigenvalue weighted by Gasteiger charge is 2.01. The Kier molecular flexibility index (Phi) is 6.01. The fraction of sp³-hybridized carbons (Fsp3) is 0.250. The average molecular weight is 301 g/mol. The van der Waals surface area contributed by atoms with Gasteiger partial charge < -0.3 is 10.6 Å².